The van der Waals surface area contributed by atoms with E-state index in [4.69, 9.17) is 9.51 Å². The van der Waals surface area contributed by atoms with Gasteiger partial charge in [-0.1, -0.05) is 19.0 Å². The Morgan fingerprint density at radius 3 is 2.77 bits per heavy atom. The summed E-state index contributed by atoms with van der Waals surface area (Å²) in [5.41, 5.74) is 3.12. The Kier molecular flexibility index (Phi) is 4.34. The van der Waals surface area contributed by atoms with Crippen molar-refractivity contribution >= 4 is 5.91 Å². The number of carbonyl (C=O) groups is 1. The first-order valence-corrected chi connectivity index (χ1v) is 9.50. The van der Waals surface area contributed by atoms with Gasteiger partial charge in [0.1, 0.15) is 0 Å². The fourth-order valence-corrected chi connectivity index (χ4v) is 4.48. The first-order chi connectivity index (χ1) is 12.5. The lowest BCUT2D eigenvalue weighted by molar-refractivity contribution is -0.000405. The predicted octanol–water partition coefficient (Wildman–Crippen LogP) is 2.35. The van der Waals surface area contributed by atoms with E-state index in [9.17, 15) is 4.79 Å². The molecule has 140 valence electrons. The minimum absolute atomic E-state index is 0.0612. The van der Waals surface area contributed by atoms with E-state index in [1.807, 2.05) is 18.2 Å². The summed E-state index contributed by atoms with van der Waals surface area (Å²) >= 11 is 0. The quantitative estimate of drug-likeness (QED) is 0.912. The van der Waals surface area contributed by atoms with Crippen molar-refractivity contribution in [2.75, 3.05) is 26.2 Å². The third-order valence-electron chi connectivity index (χ3n) is 5.70. The second kappa shape index (κ2) is 6.54. The molecule has 7 nitrogen and oxygen atoms in total. The van der Waals surface area contributed by atoms with Crippen LogP contribution in [0.25, 0.3) is 0 Å². The highest BCUT2D eigenvalue weighted by atomic mass is 16.5. The number of aryl methyl sites for hydroxylation is 1. The zero-order valence-electron chi connectivity index (χ0n) is 15.8. The van der Waals surface area contributed by atoms with Crippen LogP contribution in [0.4, 0.5) is 0 Å². The van der Waals surface area contributed by atoms with Crippen molar-refractivity contribution in [2.24, 2.45) is 5.92 Å². The summed E-state index contributed by atoms with van der Waals surface area (Å²) in [5.74, 6) is 0.875. The van der Waals surface area contributed by atoms with Gasteiger partial charge in [0.25, 0.3) is 5.91 Å². The van der Waals surface area contributed by atoms with Crippen molar-refractivity contribution in [1.82, 2.24) is 24.9 Å². The van der Waals surface area contributed by atoms with E-state index in [1.165, 1.54) is 11.4 Å². The molecule has 0 aliphatic carbocycles. The summed E-state index contributed by atoms with van der Waals surface area (Å²) in [6.45, 7) is 9.87. The van der Waals surface area contributed by atoms with Gasteiger partial charge in [0.15, 0.2) is 0 Å². The Balaban J connectivity index is 1.56. The Labute approximate surface area is 153 Å². The molecular weight excluding hydrogens is 330 g/mol. The number of nitrogens with one attached hydrogen (secondary N) is 1. The highest BCUT2D eigenvalue weighted by Gasteiger charge is 2.47. The minimum Gasteiger partial charge on any atom is -0.351 e. The van der Waals surface area contributed by atoms with Crippen LogP contribution in [0.2, 0.25) is 0 Å². The SMILES string of the molecule is Cc1cc(C(=O)N2CCC3(CC2)c2nc[nH]c2CCN3CC(C)C)on1. The number of aromatic nitrogens is 3. The van der Waals surface area contributed by atoms with E-state index in [1.54, 1.807) is 6.07 Å². The van der Waals surface area contributed by atoms with Crippen molar-refractivity contribution in [3.8, 4) is 0 Å². The molecule has 26 heavy (non-hydrogen) atoms. The first-order valence-electron chi connectivity index (χ1n) is 9.50. The van der Waals surface area contributed by atoms with Gasteiger partial charge < -0.3 is 14.4 Å². The van der Waals surface area contributed by atoms with Gasteiger partial charge in [0.05, 0.1) is 23.3 Å². The van der Waals surface area contributed by atoms with Crippen molar-refractivity contribution in [3.05, 3.63) is 35.2 Å². The van der Waals surface area contributed by atoms with Gasteiger partial charge in [-0.3, -0.25) is 9.69 Å². The largest absolute Gasteiger partial charge is 0.351 e. The van der Waals surface area contributed by atoms with Gasteiger partial charge in [-0.2, -0.15) is 0 Å². The molecule has 2 aliphatic rings. The second-order valence-corrected chi connectivity index (χ2v) is 7.98. The topological polar surface area (TPSA) is 78.3 Å². The maximum atomic E-state index is 12.7. The average molecular weight is 357 g/mol. The number of fused-ring (bicyclic) bond motifs is 2. The molecule has 0 unspecified atom stereocenters. The molecule has 1 N–H and O–H groups in total. The van der Waals surface area contributed by atoms with Gasteiger partial charge in [0, 0.05) is 44.4 Å². The molecule has 0 aromatic carbocycles. The van der Waals surface area contributed by atoms with Crippen LogP contribution in [-0.2, 0) is 12.0 Å². The van der Waals surface area contributed by atoms with Gasteiger partial charge in [0.2, 0.25) is 5.76 Å². The van der Waals surface area contributed by atoms with E-state index in [0.29, 0.717) is 24.8 Å². The average Bonchev–Trinajstić information content (AvgIpc) is 3.27. The van der Waals surface area contributed by atoms with E-state index < -0.39 is 0 Å². The van der Waals surface area contributed by atoms with Gasteiger partial charge in [-0.15, -0.1) is 0 Å². The molecule has 1 amide bonds. The molecule has 1 spiro atoms. The zero-order valence-corrected chi connectivity index (χ0v) is 15.8. The molecule has 1 saturated heterocycles. The summed E-state index contributed by atoms with van der Waals surface area (Å²) in [4.78, 5) is 25.2. The highest BCUT2D eigenvalue weighted by Crippen LogP contribution is 2.42. The van der Waals surface area contributed by atoms with E-state index in [0.717, 1.165) is 38.0 Å². The minimum atomic E-state index is -0.0635. The third kappa shape index (κ3) is 2.84. The lowest BCUT2D eigenvalue weighted by atomic mass is 9.78. The molecule has 4 rings (SSSR count). The summed E-state index contributed by atoms with van der Waals surface area (Å²) < 4.78 is 5.16. The van der Waals surface area contributed by atoms with Crippen molar-refractivity contribution in [1.29, 1.82) is 0 Å². The number of aromatic amines is 1. The number of nitrogens with zero attached hydrogens (tertiary/aromatic N) is 4. The van der Waals surface area contributed by atoms with E-state index >= 15 is 0 Å². The predicted molar refractivity (Wildman–Crippen MR) is 96.8 cm³/mol. The summed E-state index contributed by atoms with van der Waals surface area (Å²) in [6.07, 6.45) is 4.64. The number of hydrogen-bond acceptors (Lipinski definition) is 5. The summed E-state index contributed by atoms with van der Waals surface area (Å²) in [6, 6.07) is 1.71. The molecule has 2 aromatic heterocycles. The van der Waals surface area contributed by atoms with Crippen LogP contribution in [0.15, 0.2) is 16.9 Å². The van der Waals surface area contributed by atoms with Crippen LogP contribution < -0.4 is 0 Å². The fraction of sp³-hybridized carbons (Fsp3) is 0.632. The Morgan fingerprint density at radius 1 is 1.35 bits per heavy atom. The lowest BCUT2D eigenvalue weighted by Gasteiger charge is -2.51. The smallest absolute Gasteiger partial charge is 0.292 e. The number of imidazole rings is 1. The van der Waals surface area contributed by atoms with Crippen LogP contribution in [0.5, 0.6) is 0 Å². The number of rotatable bonds is 3. The number of hydrogen-bond donors (Lipinski definition) is 1. The number of H-pyrrole nitrogens is 1. The second-order valence-electron chi connectivity index (χ2n) is 7.98. The number of piperidine rings is 1. The Bertz CT molecular complexity index is 785. The van der Waals surface area contributed by atoms with Crippen molar-refractivity contribution < 1.29 is 9.32 Å². The van der Waals surface area contributed by atoms with Gasteiger partial charge in [-0.25, -0.2) is 4.98 Å². The standard InChI is InChI=1S/C19H27N5O2/c1-13(2)11-24-7-4-15-17(21-12-20-15)19(24)5-8-23(9-6-19)18(25)16-10-14(3)22-26-16/h10,12-13H,4-9,11H2,1-3H3,(H,20,21). The van der Waals surface area contributed by atoms with Crippen LogP contribution in [0, 0.1) is 12.8 Å². The van der Waals surface area contributed by atoms with Crippen molar-refractivity contribution in [2.45, 2.75) is 45.6 Å². The van der Waals surface area contributed by atoms with Crippen LogP contribution in [0.3, 0.4) is 0 Å². The molecule has 0 atom stereocenters. The maximum absolute atomic E-state index is 12.7. The van der Waals surface area contributed by atoms with Crippen LogP contribution in [0.1, 0.15) is 54.3 Å². The number of amides is 1. The molecule has 0 radical (unpaired) electrons. The van der Waals surface area contributed by atoms with Crippen LogP contribution >= 0.6 is 0 Å². The molecule has 0 saturated carbocycles. The monoisotopic (exact) mass is 357 g/mol. The number of likely N-dealkylation sites (tertiary alicyclic amines) is 1. The van der Waals surface area contributed by atoms with Gasteiger partial charge in [-0.05, 0) is 25.7 Å². The third-order valence-corrected chi connectivity index (χ3v) is 5.70. The van der Waals surface area contributed by atoms with Crippen LogP contribution in [-0.4, -0.2) is 57.0 Å². The summed E-state index contributed by atoms with van der Waals surface area (Å²) in [7, 11) is 0. The number of carbonyl (C=O) groups excluding carboxylic acids is 1. The maximum Gasteiger partial charge on any atom is 0.292 e. The molecule has 7 heteroatoms. The molecular formula is C19H27N5O2. The summed E-state index contributed by atoms with van der Waals surface area (Å²) in [5, 5.41) is 3.84. The lowest BCUT2D eigenvalue weighted by Crippen LogP contribution is -2.57. The molecule has 4 heterocycles. The Hall–Kier alpha value is -2.15. The Morgan fingerprint density at radius 2 is 2.12 bits per heavy atom. The zero-order chi connectivity index (χ0) is 18.3. The molecule has 1 fully saturated rings. The van der Waals surface area contributed by atoms with E-state index in [-0.39, 0.29) is 11.4 Å². The first kappa shape index (κ1) is 17.3. The molecule has 0 bridgehead atoms. The molecule has 2 aromatic rings. The normalized spacial score (nSPS) is 19.9. The fourth-order valence-electron chi connectivity index (χ4n) is 4.48. The van der Waals surface area contributed by atoms with Crippen molar-refractivity contribution in [3.63, 3.8) is 0 Å². The highest BCUT2D eigenvalue weighted by molar-refractivity contribution is 5.91. The molecule has 2 aliphatic heterocycles. The van der Waals surface area contributed by atoms with Gasteiger partial charge >= 0.3 is 0 Å². The van der Waals surface area contributed by atoms with E-state index in [2.05, 4.69) is 28.9 Å².